The number of esters is 1. The molecule has 7 heteroatoms. The molecule has 0 bridgehead atoms. The van der Waals surface area contributed by atoms with Gasteiger partial charge in [-0.1, -0.05) is 46.3 Å². The van der Waals surface area contributed by atoms with E-state index >= 15 is 0 Å². The van der Waals surface area contributed by atoms with Crippen molar-refractivity contribution in [3.63, 3.8) is 0 Å². The Hall–Kier alpha value is -0.990. The predicted octanol–water partition coefficient (Wildman–Crippen LogP) is 4.49. The van der Waals surface area contributed by atoms with Crippen LogP contribution in [0.25, 0.3) is 0 Å². The third-order valence-electron chi connectivity index (χ3n) is 14.4. The Morgan fingerprint density at radius 1 is 1.05 bits per heavy atom. The van der Waals surface area contributed by atoms with Crippen molar-refractivity contribution in [3.05, 3.63) is 11.6 Å². The van der Waals surface area contributed by atoms with E-state index in [0.29, 0.717) is 12.3 Å². The fourth-order valence-corrected chi connectivity index (χ4v) is 12.5. The molecule has 5 aliphatic carbocycles. The Morgan fingerprint density at radius 2 is 1.79 bits per heavy atom. The van der Waals surface area contributed by atoms with Crippen LogP contribution < -0.4 is 0 Å². The summed E-state index contributed by atoms with van der Waals surface area (Å²) >= 11 is 0. The van der Waals surface area contributed by atoms with Crippen LogP contribution in [0.1, 0.15) is 93.4 Å². The minimum atomic E-state index is -0.979. The first kappa shape index (κ1) is 25.7. The number of ether oxygens (including phenoxy) is 4. The van der Waals surface area contributed by atoms with E-state index in [1.807, 2.05) is 6.92 Å². The number of hydrogen-bond acceptors (Lipinski definition) is 7. The van der Waals surface area contributed by atoms with Crippen molar-refractivity contribution in [2.45, 2.75) is 136 Å². The zero-order valence-corrected chi connectivity index (χ0v) is 24.6. The highest BCUT2D eigenvalue weighted by molar-refractivity contribution is 5.66. The SMILES string of the molecule is CC(=O)O[C@@H]1C[C@@]23C[C@@]24CC[C@H](O)C(C)(C)[C@@H]4CC=C3[C@]2(C)C[C@@H]3O[C@]4(C[C@@H](C)[C@@H]3[C@@]12C)O[C@@H](O)[C@]1(C)O[C@@H]41. The lowest BCUT2D eigenvalue weighted by molar-refractivity contribution is -0.345. The molecule has 216 valence electrons. The largest absolute Gasteiger partial charge is 0.462 e. The Balaban J connectivity index is 1.23. The molecule has 0 aromatic carbocycles. The highest BCUT2D eigenvalue weighted by atomic mass is 16.8. The summed E-state index contributed by atoms with van der Waals surface area (Å²) in [5.41, 5.74) is 0.472. The molecule has 0 radical (unpaired) electrons. The summed E-state index contributed by atoms with van der Waals surface area (Å²) in [6.45, 7) is 15.1. The van der Waals surface area contributed by atoms with Gasteiger partial charge in [0.25, 0.3) is 0 Å². The van der Waals surface area contributed by atoms with Gasteiger partial charge in [-0.05, 0) is 74.0 Å². The zero-order chi connectivity index (χ0) is 27.8. The number of allylic oxidation sites excluding steroid dienone is 2. The Bertz CT molecular complexity index is 1200. The van der Waals surface area contributed by atoms with Crippen LogP contribution in [0.2, 0.25) is 0 Å². The number of epoxide rings is 1. The van der Waals surface area contributed by atoms with Gasteiger partial charge < -0.3 is 29.2 Å². The molecule has 3 heterocycles. The van der Waals surface area contributed by atoms with Crippen LogP contribution in [0, 0.1) is 44.8 Å². The Labute approximate surface area is 232 Å². The molecule has 4 saturated carbocycles. The normalized spacial score (nSPS) is 63.1. The number of fused-ring (bicyclic) bond motifs is 6. The summed E-state index contributed by atoms with van der Waals surface area (Å²) < 4.78 is 25.5. The highest BCUT2D eigenvalue weighted by Crippen LogP contribution is 2.88. The summed E-state index contributed by atoms with van der Waals surface area (Å²) in [5, 5.41) is 21.6. The number of rotatable bonds is 1. The van der Waals surface area contributed by atoms with E-state index in [2.05, 4.69) is 40.7 Å². The van der Waals surface area contributed by atoms with Crippen molar-refractivity contribution in [1.82, 2.24) is 0 Å². The van der Waals surface area contributed by atoms with E-state index in [1.165, 1.54) is 0 Å². The van der Waals surface area contributed by atoms with Gasteiger partial charge in [0.1, 0.15) is 17.8 Å². The van der Waals surface area contributed by atoms with Crippen molar-refractivity contribution in [1.29, 1.82) is 0 Å². The standard InChI is InChI=1S/C32H46O7/c1-16-12-32(24-29(7,38-24)25(35)39-32)37-18-13-27(5)20-9-8-19-26(3,4)21(34)10-11-30(19)15-31(20,30)14-22(36-17(2)33)28(27,6)23(16)18/h9,16,18-19,21-25,34-35H,8,10-15H2,1-7H3/t16-,18+,19+,21+,22-,23+,24-,25-,27+,28-,29-,30-,31+,32-/m1/s1. The average Bonchev–Trinajstić information content (AvgIpc) is 3.67. The molecule has 0 unspecified atom stereocenters. The first-order valence-electron chi connectivity index (χ1n) is 15.4. The smallest absolute Gasteiger partial charge is 0.302 e. The van der Waals surface area contributed by atoms with Gasteiger partial charge in [-0.3, -0.25) is 4.79 Å². The van der Waals surface area contributed by atoms with Crippen molar-refractivity contribution in [3.8, 4) is 0 Å². The van der Waals surface area contributed by atoms with Crippen molar-refractivity contribution in [2.75, 3.05) is 0 Å². The second-order valence-corrected chi connectivity index (χ2v) is 16.1. The summed E-state index contributed by atoms with van der Waals surface area (Å²) in [6.07, 6.45) is 7.18. The monoisotopic (exact) mass is 542 g/mol. The van der Waals surface area contributed by atoms with Crippen LogP contribution >= 0.6 is 0 Å². The van der Waals surface area contributed by atoms with Crippen LogP contribution in [-0.2, 0) is 23.7 Å². The molecule has 3 saturated heterocycles. The van der Waals surface area contributed by atoms with E-state index in [9.17, 15) is 15.0 Å². The second-order valence-electron chi connectivity index (χ2n) is 16.1. The molecule has 39 heavy (non-hydrogen) atoms. The summed E-state index contributed by atoms with van der Waals surface area (Å²) in [4.78, 5) is 12.7. The summed E-state index contributed by atoms with van der Waals surface area (Å²) in [5.74, 6) is -0.249. The zero-order valence-electron chi connectivity index (χ0n) is 24.6. The van der Waals surface area contributed by atoms with E-state index < -0.39 is 17.7 Å². The lowest BCUT2D eigenvalue weighted by atomic mass is 9.44. The van der Waals surface area contributed by atoms with E-state index in [0.717, 1.165) is 38.5 Å². The van der Waals surface area contributed by atoms with Gasteiger partial charge in [-0.25, -0.2) is 0 Å². The van der Waals surface area contributed by atoms with Crippen LogP contribution in [0.4, 0.5) is 0 Å². The molecule has 7 nitrogen and oxygen atoms in total. The van der Waals surface area contributed by atoms with Crippen LogP contribution in [0.5, 0.6) is 0 Å². The molecule has 3 aliphatic heterocycles. The maximum Gasteiger partial charge on any atom is 0.302 e. The maximum absolute atomic E-state index is 12.7. The summed E-state index contributed by atoms with van der Waals surface area (Å²) in [6, 6.07) is 0. The van der Waals surface area contributed by atoms with Gasteiger partial charge in [-0.2, -0.15) is 0 Å². The van der Waals surface area contributed by atoms with Crippen molar-refractivity contribution in [2.24, 2.45) is 44.8 Å². The van der Waals surface area contributed by atoms with E-state index in [-0.39, 0.29) is 69.3 Å². The topological polar surface area (TPSA) is 97.8 Å². The molecule has 8 rings (SSSR count). The first-order chi connectivity index (χ1) is 18.1. The van der Waals surface area contributed by atoms with E-state index in [1.54, 1.807) is 12.5 Å². The van der Waals surface area contributed by atoms with Crippen LogP contribution in [-0.4, -0.2) is 58.3 Å². The lowest BCUT2D eigenvalue weighted by Crippen LogP contribution is -2.61. The van der Waals surface area contributed by atoms with Gasteiger partial charge >= 0.3 is 5.97 Å². The molecule has 7 fully saturated rings. The minimum absolute atomic E-state index is 0.0222. The van der Waals surface area contributed by atoms with Gasteiger partial charge in [-0.15, -0.1) is 0 Å². The number of aliphatic hydroxyl groups is 2. The molecule has 0 aromatic heterocycles. The molecule has 14 atom stereocenters. The molecule has 0 aromatic rings. The van der Waals surface area contributed by atoms with Gasteiger partial charge in [0.15, 0.2) is 6.29 Å². The first-order valence-corrected chi connectivity index (χ1v) is 15.4. The third kappa shape index (κ3) is 2.60. The number of carbonyl (C=O) groups excluding carboxylic acids is 1. The average molecular weight is 543 g/mol. The Morgan fingerprint density at radius 3 is 2.44 bits per heavy atom. The summed E-state index contributed by atoms with van der Waals surface area (Å²) in [7, 11) is 0. The van der Waals surface area contributed by atoms with Crippen LogP contribution in [0.3, 0.4) is 0 Å². The van der Waals surface area contributed by atoms with E-state index in [4.69, 9.17) is 18.9 Å². The van der Waals surface area contributed by atoms with Crippen molar-refractivity contribution < 1.29 is 34.0 Å². The number of hydrogen-bond donors (Lipinski definition) is 2. The van der Waals surface area contributed by atoms with Crippen molar-refractivity contribution >= 4 is 5.97 Å². The number of carbonyl (C=O) groups is 1. The second kappa shape index (κ2) is 6.96. The fourth-order valence-electron chi connectivity index (χ4n) is 12.5. The fraction of sp³-hybridized carbons (Fsp3) is 0.906. The Kier molecular flexibility index (Phi) is 4.59. The van der Waals surface area contributed by atoms with Crippen LogP contribution in [0.15, 0.2) is 11.6 Å². The predicted molar refractivity (Wildman–Crippen MR) is 141 cm³/mol. The quantitative estimate of drug-likeness (QED) is 0.286. The van der Waals surface area contributed by atoms with Gasteiger partial charge in [0, 0.05) is 29.6 Å². The van der Waals surface area contributed by atoms with Gasteiger partial charge in [0.2, 0.25) is 5.79 Å². The molecule has 0 amide bonds. The minimum Gasteiger partial charge on any atom is -0.462 e. The highest BCUT2D eigenvalue weighted by Gasteiger charge is 2.85. The lowest BCUT2D eigenvalue weighted by Gasteiger charge is -2.62. The molecular formula is C32H46O7. The third-order valence-corrected chi connectivity index (χ3v) is 14.4. The molecule has 8 aliphatic rings. The molecule has 2 N–H and O–H groups in total. The van der Waals surface area contributed by atoms with Gasteiger partial charge in [0.05, 0.1) is 12.2 Å². The molecule has 3 spiro atoms. The number of aliphatic hydroxyl groups excluding tert-OH is 2. The maximum atomic E-state index is 12.7. The molecular weight excluding hydrogens is 496 g/mol.